The minimum absolute atomic E-state index is 0.00384. The normalized spacial score (nSPS) is 15.9. The predicted molar refractivity (Wildman–Crippen MR) is 46.7 cm³/mol. The number of nitrogens with two attached hydrogens (primary N) is 3. The van der Waals surface area contributed by atoms with Crippen LogP contribution in [0.15, 0.2) is 20.7 Å². The van der Waals surface area contributed by atoms with E-state index < -0.39 is 6.09 Å². The summed E-state index contributed by atoms with van der Waals surface area (Å²) < 4.78 is 0. The van der Waals surface area contributed by atoms with Crippen LogP contribution in [0.4, 0.5) is 4.79 Å². The Morgan fingerprint density at radius 3 is 2.31 bits per heavy atom. The molecule has 1 amide bonds. The van der Waals surface area contributed by atoms with Crippen molar-refractivity contribution < 1.29 is 19.5 Å². The van der Waals surface area contributed by atoms with Crippen LogP contribution in [0, 0.1) is 0 Å². The Morgan fingerprint density at radius 2 is 1.94 bits per heavy atom. The lowest BCUT2D eigenvalue weighted by atomic mass is 11.1. The maximum absolute atomic E-state index is 10.3. The van der Waals surface area contributed by atoms with Crippen molar-refractivity contribution in [3.8, 4) is 0 Å². The fourth-order valence-electron chi connectivity index (χ4n) is 0.489. The minimum atomic E-state index is -0.824. The summed E-state index contributed by atoms with van der Waals surface area (Å²) in [6.45, 7) is 0. The van der Waals surface area contributed by atoms with Crippen molar-refractivity contribution in [3.05, 3.63) is 11.0 Å². The van der Waals surface area contributed by atoms with Crippen LogP contribution in [-0.4, -0.2) is 22.8 Å². The Labute approximate surface area is 87.6 Å². The Morgan fingerprint density at radius 1 is 1.38 bits per heavy atom. The van der Waals surface area contributed by atoms with Crippen molar-refractivity contribution in [2.24, 2.45) is 38.0 Å². The number of rotatable bonds is 0. The van der Waals surface area contributed by atoms with Gasteiger partial charge in [0.15, 0.2) is 0 Å². The van der Waals surface area contributed by atoms with Crippen LogP contribution in [0.25, 0.3) is 11.0 Å². The molecule has 86 valence electrons. The second-order valence-corrected chi connectivity index (χ2v) is 2.11. The largest absolute Gasteiger partial charge is 0.517 e. The first-order valence-electron chi connectivity index (χ1n) is 3.60. The van der Waals surface area contributed by atoms with Crippen LogP contribution >= 0.6 is 0 Å². The lowest BCUT2D eigenvalue weighted by Gasteiger charge is -2.14. The summed E-state index contributed by atoms with van der Waals surface area (Å²) in [6.07, 6.45) is -0.824. The molecule has 0 aromatic heterocycles. The second kappa shape index (κ2) is 5.03. The minimum Gasteiger partial charge on any atom is -0.517 e. The Hall–Kier alpha value is -2.99. The molecule has 2 rings (SSSR count). The maximum Gasteiger partial charge on any atom is 0.457 e. The molecule has 1 saturated heterocycles. The number of hydrogen-bond donors (Lipinski definition) is 4. The van der Waals surface area contributed by atoms with E-state index in [1.54, 1.807) is 0 Å². The first-order valence-corrected chi connectivity index (χ1v) is 3.60. The van der Waals surface area contributed by atoms with Crippen molar-refractivity contribution in [3.63, 3.8) is 0 Å². The van der Waals surface area contributed by atoms with Crippen molar-refractivity contribution in [2.45, 2.75) is 0 Å². The number of carbonyl (C=O) groups is 1. The molecule has 0 atom stereocenters. The molecule has 0 aliphatic carbocycles. The molecular weight excluding hydrogens is 222 g/mol. The van der Waals surface area contributed by atoms with E-state index in [-0.39, 0.29) is 11.9 Å². The third-order valence-electron chi connectivity index (χ3n) is 1.03. The highest BCUT2D eigenvalue weighted by molar-refractivity contribution is 5.84. The number of carbonyl (C=O) groups excluding carboxylic acids is 1. The van der Waals surface area contributed by atoms with Gasteiger partial charge in [-0.1, -0.05) is 0 Å². The van der Waals surface area contributed by atoms with Crippen molar-refractivity contribution in [1.29, 1.82) is 0 Å². The highest BCUT2D eigenvalue weighted by Crippen LogP contribution is 2.15. The summed E-state index contributed by atoms with van der Waals surface area (Å²) in [7, 11) is 0. The quantitative estimate of drug-likeness (QED) is 0.113. The Bertz CT molecular complexity index is 374. The van der Waals surface area contributed by atoms with E-state index in [1.165, 1.54) is 0 Å². The van der Waals surface area contributed by atoms with Gasteiger partial charge in [0.1, 0.15) is 0 Å². The van der Waals surface area contributed by atoms with E-state index in [1.807, 2.05) is 5.10 Å². The number of amides is 1. The standard InChI is InChI=1S/C2N7O2.CH6N4/c10-2-5-9(8-11-2)1-3-6-7-4-1;2-1(3)5-4/h;4H2,(H4,2,3,5)/q-1;/p+1. The van der Waals surface area contributed by atoms with Crippen molar-refractivity contribution >= 4 is 18.0 Å². The molecule has 0 saturated carbocycles. The monoisotopic (exact) mass is 229 g/mol. The first kappa shape index (κ1) is 11.1. The highest BCUT2D eigenvalue weighted by atomic mass is 16.8. The van der Waals surface area contributed by atoms with Gasteiger partial charge in [-0.05, 0) is 0 Å². The van der Waals surface area contributed by atoms with Crippen molar-refractivity contribution in [1.82, 2.24) is 0 Å². The molecular formula is C3H7N11O2. The van der Waals surface area contributed by atoms with E-state index in [0.29, 0.717) is 0 Å². The van der Waals surface area contributed by atoms with Crippen LogP contribution in [0.3, 0.4) is 0 Å². The van der Waals surface area contributed by atoms with Gasteiger partial charge in [0, 0.05) is 0 Å². The smallest absolute Gasteiger partial charge is 0.457 e. The number of hydrogen-bond acceptors (Lipinski definition) is 5. The molecule has 13 heteroatoms. The fraction of sp³-hybridized carbons (Fsp3) is 0. The summed E-state index contributed by atoms with van der Waals surface area (Å²) in [4.78, 5) is 15.2. The van der Waals surface area contributed by atoms with Crippen LogP contribution < -0.4 is 22.4 Å². The lowest BCUT2D eigenvalue weighted by molar-refractivity contribution is -0.471. The average Bonchev–Trinajstić information content (AvgIpc) is 2.88. The van der Waals surface area contributed by atoms with Gasteiger partial charge >= 0.3 is 11.9 Å². The van der Waals surface area contributed by atoms with Gasteiger partial charge in [0.2, 0.25) is 6.09 Å². The zero-order chi connectivity index (χ0) is 12.0. The van der Waals surface area contributed by atoms with Gasteiger partial charge in [-0.2, -0.15) is 5.10 Å². The zero-order valence-corrected chi connectivity index (χ0v) is 7.68. The third-order valence-corrected chi connectivity index (χ3v) is 1.03. The number of hydrazone groups is 1. The molecule has 2 aliphatic heterocycles. The van der Waals surface area contributed by atoms with E-state index in [4.69, 9.17) is 11.5 Å². The van der Waals surface area contributed by atoms with E-state index >= 15 is 0 Å². The molecule has 2 heterocycles. The molecule has 16 heavy (non-hydrogen) atoms. The van der Waals surface area contributed by atoms with E-state index in [2.05, 4.69) is 42.4 Å². The molecule has 0 spiro atoms. The summed E-state index contributed by atoms with van der Waals surface area (Å²) in [5, 5.41) is 15.0. The summed E-state index contributed by atoms with van der Waals surface area (Å²) in [6, 6.07) is 0. The van der Waals surface area contributed by atoms with Gasteiger partial charge in [0.25, 0.3) is 0 Å². The molecule has 0 unspecified atom stereocenters. The summed E-state index contributed by atoms with van der Waals surface area (Å²) in [5.41, 5.74) is 15.9. The Kier molecular flexibility index (Phi) is 3.49. The van der Waals surface area contributed by atoms with E-state index in [9.17, 15) is 4.79 Å². The van der Waals surface area contributed by atoms with Crippen LogP contribution in [0.5, 0.6) is 0 Å². The predicted octanol–water partition coefficient (Wildman–Crippen LogP) is -2.96. The number of hydrazine groups is 1. The molecule has 0 bridgehead atoms. The van der Waals surface area contributed by atoms with Crippen LogP contribution in [-0.2, 0) is 4.84 Å². The SMILES string of the molecule is N[NH+]=C(N)N.O=C1[N-][N+](=C2N=NN=N2)[N-]O1. The van der Waals surface area contributed by atoms with Gasteiger partial charge in [-0.3, -0.25) is 22.1 Å². The lowest BCUT2D eigenvalue weighted by Crippen LogP contribution is -2.84. The molecule has 0 aromatic carbocycles. The fourth-order valence-corrected chi connectivity index (χ4v) is 0.489. The number of nitrogens with one attached hydrogen (secondary N) is 1. The molecule has 2 aliphatic rings. The first-order chi connectivity index (χ1) is 7.63. The molecule has 0 radical (unpaired) electrons. The number of guanidine groups is 2. The maximum atomic E-state index is 10.3. The van der Waals surface area contributed by atoms with Gasteiger partial charge in [0.05, 0.1) is 20.7 Å². The zero-order valence-electron chi connectivity index (χ0n) is 7.68. The average molecular weight is 229 g/mol. The van der Waals surface area contributed by atoms with Gasteiger partial charge < -0.3 is 20.6 Å². The van der Waals surface area contributed by atoms with Crippen LogP contribution in [0.2, 0.25) is 0 Å². The van der Waals surface area contributed by atoms with Crippen molar-refractivity contribution in [2.75, 3.05) is 0 Å². The summed E-state index contributed by atoms with van der Waals surface area (Å²) >= 11 is 0. The van der Waals surface area contributed by atoms with E-state index in [0.717, 1.165) is 4.79 Å². The second-order valence-electron chi connectivity index (χ2n) is 2.11. The summed E-state index contributed by atoms with van der Waals surface area (Å²) in [5.74, 6) is 4.66. The van der Waals surface area contributed by atoms with Crippen LogP contribution in [0.1, 0.15) is 0 Å². The van der Waals surface area contributed by atoms with Gasteiger partial charge in [-0.15, -0.1) is 0 Å². The molecule has 1 fully saturated rings. The molecule has 13 nitrogen and oxygen atoms in total. The third kappa shape index (κ3) is 3.05. The molecule has 0 aromatic rings. The number of nitrogens with zero attached hydrogens (tertiary/aromatic N) is 7. The molecule has 7 N–H and O–H groups in total. The Balaban J connectivity index is 0.000000221. The highest BCUT2D eigenvalue weighted by Gasteiger charge is 2.13. The topological polar surface area (TPSA) is 199 Å². The van der Waals surface area contributed by atoms with Gasteiger partial charge in [-0.25, -0.2) is 0 Å².